The monoisotopic (exact) mass is 471 g/mol. The number of carbonyl (C=O) groups excluding carboxylic acids is 2. The van der Waals surface area contributed by atoms with Gasteiger partial charge in [-0.2, -0.15) is 0 Å². The second-order valence-corrected chi connectivity index (χ2v) is 9.06. The molecule has 2 aliphatic rings. The highest BCUT2D eigenvalue weighted by Crippen LogP contribution is 2.45. The lowest BCUT2D eigenvalue weighted by atomic mass is 10.1. The summed E-state index contributed by atoms with van der Waals surface area (Å²) in [4.78, 5) is 32.5. The van der Waals surface area contributed by atoms with E-state index in [1.807, 2.05) is 18.2 Å². The first-order chi connectivity index (χ1) is 15.0. The lowest BCUT2D eigenvalue weighted by molar-refractivity contribution is -0.118. The number of nitrogens with one attached hydrogen (secondary N) is 1. The zero-order chi connectivity index (χ0) is 21.7. The highest BCUT2D eigenvalue weighted by molar-refractivity contribution is 8.09. The van der Waals surface area contributed by atoms with Crippen molar-refractivity contribution in [2.24, 2.45) is 0 Å². The molecule has 156 valence electrons. The van der Waals surface area contributed by atoms with Crippen LogP contribution in [0.5, 0.6) is 5.75 Å². The van der Waals surface area contributed by atoms with Gasteiger partial charge >= 0.3 is 6.03 Å². The zero-order valence-electron chi connectivity index (χ0n) is 16.1. The topological polar surface area (TPSA) is 71.5 Å². The van der Waals surface area contributed by atoms with Gasteiger partial charge in [0.15, 0.2) is 0 Å². The number of hydrogen-bond acceptors (Lipinski definition) is 5. The van der Waals surface area contributed by atoms with Gasteiger partial charge < -0.3 is 10.1 Å². The fourth-order valence-corrected chi connectivity index (χ4v) is 5.65. The van der Waals surface area contributed by atoms with Crippen LogP contribution < -0.4 is 15.0 Å². The van der Waals surface area contributed by atoms with Crippen molar-refractivity contribution in [3.63, 3.8) is 0 Å². The average molecular weight is 472 g/mol. The van der Waals surface area contributed by atoms with Crippen molar-refractivity contribution in [2.75, 3.05) is 12.0 Å². The van der Waals surface area contributed by atoms with Crippen LogP contribution in [0.2, 0.25) is 10.0 Å². The van der Waals surface area contributed by atoms with E-state index in [0.717, 1.165) is 20.8 Å². The predicted molar refractivity (Wildman–Crippen MR) is 124 cm³/mol. The Morgan fingerprint density at radius 2 is 1.97 bits per heavy atom. The maximum Gasteiger partial charge on any atom is 0.329 e. The third-order valence-electron chi connectivity index (χ3n) is 5.26. The number of carbonyl (C=O) groups is 2. The van der Waals surface area contributed by atoms with E-state index >= 15 is 0 Å². The number of hydrogen-bond donors (Lipinski definition) is 1. The summed E-state index contributed by atoms with van der Waals surface area (Å²) in [6.07, 6.45) is 4.99. The van der Waals surface area contributed by atoms with Gasteiger partial charge in [-0.05, 0) is 30.3 Å². The fraction of sp³-hybridized carbons (Fsp3) is 0.136. The number of pyridine rings is 1. The first-order valence-electron chi connectivity index (χ1n) is 9.37. The molecule has 1 aromatic heterocycles. The minimum Gasteiger partial charge on any atom is -0.497 e. The van der Waals surface area contributed by atoms with Crippen LogP contribution in [0, 0.1) is 0 Å². The van der Waals surface area contributed by atoms with Crippen LogP contribution in [0.3, 0.4) is 0 Å². The van der Waals surface area contributed by atoms with Crippen molar-refractivity contribution in [3.05, 3.63) is 70.5 Å². The Labute approximate surface area is 192 Å². The maximum absolute atomic E-state index is 13.4. The molecule has 3 aromatic rings. The number of imide groups is 1. The van der Waals surface area contributed by atoms with E-state index in [-0.39, 0.29) is 5.91 Å². The number of aromatic nitrogens is 1. The summed E-state index contributed by atoms with van der Waals surface area (Å²) in [5, 5.41) is 4.71. The molecule has 2 aliphatic heterocycles. The van der Waals surface area contributed by atoms with Crippen LogP contribution in [0.25, 0.3) is 15.7 Å². The lowest BCUT2D eigenvalue weighted by Crippen LogP contribution is -2.60. The van der Waals surface area contributed by atoms with Crippen LogP contribution in [0.1, 0.15) is 5.56 Å². The molecule has 31 heavy (non-hydrogen) atoms. The molecule has 6 nitrogen and oxygen atoms in total. The number of fused-ring (bicyclic) bond motifs is 2. The van der Waals surface area contributed by atoms with Gasteiger partial charge in [0.05, 0.1) is 30.1 Å². The van der Waals surface area contributed by atoms with Gasteiger partial charge in [-0.3, -0.25) is 9.78 Å². The summed E-state index contributed by atoms with van der Waals surface area (Å²) in [6.45, 7) is 0. The van der Waals surface area contributed by atoms with Gasteiger partial charge in [0.25, 0.3) is 5.91 Å². The first kappa shape index (κ1) is 20.2. The molecule has 3 amide bonds. The molecule has 1 N–H and O–H groups in total. The summed E-state index contributed by atoms with van der Waals surface area (Å²) in [5.74, 6) is 0.322. The molecule has 5 rings (SSSR count). The van der Waals surface area contributed by atoms with Crippen molar-refractivity contribution >= 4 is 68.3 Å². The van der Waals surface area contributed by atoms with Crippen LogP contribution in [0.4, 0.5) is 10.5 Å². The lowest BCUT2D eigenvalue weighted by Gasteiger charge is -2.33. The van der Waals surface area contributed by atoms with E-state index in [2.05, 4.69) is 10.3 Å². The standard InChI is InChI=1S/C22H15Cl2N3O3S/c1-30-12-5-6-14(23)13(7-12)18-8-16-20(31-18)21(28)27(22(29)26-16)17-10-25-9-11-3-2-4-15(24)19(11)17/h2-10,16,20H,1H3,(H,26,29). The SMILES string of the molecule is COc1ccc(Cl)c(C2=CC3NC(=O)N(c4cncc5cccc(Cl)c45)C(=O)C3S2)c1. The molecule has 2 unspecified atom stereocenters. The minimum absolute atomic E-state index is 0.335. The average Bonchev–Trinajstić information content (AvgIpc) is 3.18. The van der Waals surface area contributed by atoms with Gasteiger partial charge in [0, 0.05) is 32.5 Å². The molecule has 0 spiro atoms. The normalized spacial score (nSPS) is 20.5. The van der Waals surface area contributed by atoms with E-state index in [4.69, 9.17) is 27.9 Å². The summed E-state index contributed by atoms with van der Waals surface area (Å²) < 4.78 is 5.29. The number of nitrogens with zero attached hydrogens (tertiary/aromatic N) is 2. The second-order valence-electron chi connectivity index (χ2n) is 7.06. The van der Waals surface area contributed by atoms with Gasteiger partial charge in [-0.15, -0.1) is 11.8 Å². The third-order valence-corrected chi connectivity index (χ3v) is 7.26. The van der Waals surface area contributed by atoms with E-state index in [1.165, 1.54) is 18.0 Å². The highest BCUT2D eigenvalue weighted by Gasteiger charge is 2.46. The molecule has 1 saturated heterocycles. The number of rotatable bonds is 3. The van der Waals surface area contributed by atoms with Gasteiger partial charge in [0.2, 0.25) is 0 Å². The van der Waals surface area contributed by atoms with Crippen molar-refractivity contribution in [3.8, 4) is 5.75 Å². The van der Waals surface area contributed by atoms with Crippen molar-refractivity contribution in [1.82, 2.24) is 10.3 Å². The number of methoxy groups -OCH3 is 1. The smallest absolute Gasteiger partial charge is 0.329 e. The van der Waals surface area contributed by atoms with E-state index in [1.54, 1.807) is 37.6 Å². The maximum atomic E-state index is 13.4. The number of anilines is 1. The number of thioether (sulfide) groups is 1. The summed E-state index contributed by atoms with van der Waals surface area (Å²) in [6, 6.07) is 9.72. The second kappa shape index (κ2) is 7.75. The van der Waals surface area contributed by atoms with E-state index in [9.17, 15) is 9.59 Å². The Hall–Kier alpha value is -2.74. The fourth-order valence-electron chi connectivity index (χ4n) is 3.80. The van der Waals surface area contributed by atoms with Gasteiger partial charge in [-0.25, -0.2) is 9.69 Å². The Morgan fingerprint density at radius 1 is 1.13 bits per heavy atom. The molecular formula is C22H15Cl2N3O3S. The Kier molecular flexibility index (Phi) is 5.04. The highest BCUT2D eigenvalue weighted by atomic mass is 35.5. The quantitative estimate of drug-likeness (QED) is 0.572. The molecule has 0 radical (unpaired) electrons. The van der Waals surface area contributed by atoms with Crippen LogP contribution in [0.15, 0.2) is 54.9 Å². The Balaban J connectivity index is 1.52. The molecule has 9 heteroatoms. The molecule has 0 saturated carbocycles. The Morgan fingerprint density at radius 3 is 2.77 bits per heavy atom. The zero-order valence-corrected chi connectivity index (χ0v) is 18.5. The number of ether oxygens (including phenoxy) is 1. The number of benzene rings is 2. The summed E-state index contributed by atoms with van der Waals surface area (Å²) in [7, 11) is 1.58. The molecule has 3 heterocycles. The molecular weight excluding hydrogens is 457 g/mol. The van der Waals surface area contributed by atoms with Gasteiger partial charge in [-0.1, -0.05) is 35.3 Å². The predicted octanol–water partition coefficient (Wildman–Crippen LogP) is 5.13. The van der Waals surface area contributed by atoms with E-state index < -0.39 is 17.3 Å². The van der Waals surface area contributed by atoms with Crippen molar-refractivity contribution in [1.29, 1.82) is 0 Å². The Bertz CT molecular complexity index is 1270. The van der Waals surface area contributed by atoms with Crippen LogP contribution in [-0.4, -0.2) is 35.3 Å². The summed E-state index contributed by atoms with van der Waals surface area (Å²) >= 11 is 14.1. The molecule has 1 fully saturated rings. The molecule has 2 aromatic carbocycles. The summed E-state index contributed by atoms with van der Waals surface area (Å²) in [5.41, 5.74) is 1.11. The number of amides is 3. The van der Waals surface area contributed by atoms with Crippen LogP contribution >= 0.6 is 35.0 Å². The molecule has 0 bridgehead atoms. The third kappa shape index (κ3) is 3.33. The van der Waals surface area contributed by atoms with Crippen molar-refractivity contribution < 1.29 is 14.3 Å². The number of halogens is 2. The van der Waals surface area contributed by atoms with Gasteiger partial charge in [0.1, 0.15) is 11.0 Å². The van der Waals surface area contributed by atoms with E-state index in [0.29, 0.717) is 26.9 Å². The number of urea groups is 1. The largest absolute Gasteiger partial charge is 0.497 e. The minimum atomic E-state index is -0.535. The molecule has 0 aliphatic carbocycles. The molecule has 2 atom stereocenters. The van der Waals surface area contributed by atoms with Crippen LogP contribution in [-0.2, 0) is 4.79 Å². The van der Waals surface area contributed by atoms with Crippen molar-refractivity contribution in [2.45, 2.75) is 11.3 Å². The first-order valence-corrected chi connectivity index (χ1v) is 11.0.